The molecule has 0 saturated heterocycles. The topological polar surface area (TPSA) is 24.9 Å². The molecule has 19 heavy (non-hydrogen) atoms. The van der Waals surface area contributed by atoms with Gasteiger partial charge in [0.25, 0.3) is 0 Å². The molecule has 0 aliphatic heterocycles. The third-order valence-electron chi connectivity index (χ3n) is 3.06. The summed E-state index contributed by atoms with van der Waals surface area (Å²) in [7, 11) is 0. The first-order valence-electron chi connectivity index (χ1n) is 6.06. The number of fused-ring (bicyclic) bond motifs is 1. The summed E-state index contributed by atoms with van der Waals surface area (Å²) in [5.74, 6) is -0.306. The summed E-state index contributed by atoms with van der Waals surface area (Å²) in [6.07, 6.45) is 2.90. The summed E-state index contributed by atoms with van der Waals surface area (Å²) >= 11 is 1.73. The second-order valence-electron chi connectivity index (χ2n) is 4.48. The smallest absolute Gasteiger partial charge is 0.141 e. The quantitative estimate of drug-likeness (QED) is 0.753. The molecule has 2 aromatic heterocycles. The fourth-order valence-electron chi connectivity index (χ4n) is 2.05. The van der Waals surface area contributed by atoms with Gasteiger partial charge in [-0.05, 0) is 53.6 Å². The zero-order valence-electron chi connectivity index (χ0n) is 10.4. The summed E-state index contributed by atoms with van der Waals surface area (Å²) in [5.41, 5.74) is 1.87. The van der Waals surface area contributed by atoms with E-state index in [9.17, 15) is 4.39 Å². The number of nitrogens with one attached hydrogen (secondary N) is 1. The van der Waals surface area contributed by atoms with Gasteiger partial charge in [0, 0.05) is 16.6 Å². The summed E-state index contributed by atoms with van der Waals surface area (Å²) < 4.78 is 14.4. The Morgan fingerprint density at radius 2 is 2.11 bits per heavy atom. The van der Waals surface area contributed by atoms with E-state index in [0.29, 0.717) is 0 Å². The average Bonchev–Trinajstić information content (AvgIpc) is 2.86. The number of hydrogen-bond donors (Lipinski definition) is 1. The highest BCUT2D eigenvalue weighted by Gasteiger charge is 2.07. The van der Waals surface area contributed by atoms with Crippen LogP contribution in [0.15, 0.2) is 48.1 Å². The molecule has 0 saturated carbocycles. The molecule has 2 nitrogen and oxygen atoms in total. The Kier molecular flexibility index (Phi) is 3.17. The molecule has 3 rings (SSSR count). The standard InChI is InChI=1S/C15H13FN2S/c1-10(12-6-13(16)9-17-8-12)18-14-2-3-15-11(7-14)4-5-19-15/h2-10,18H,1H3. The molecule has 0 fully saturated rings. The van der Waals surface area contributed by atoms with Crippen molar-refractivity contribution in [2.24, 2.45) is 0 Å². The van der Waals surface area contributed by atoms with Gasteiger partial charge in [-0.25, -0.2) is 4.39 Å². The van der Waals surface area contributed by atoms with Gasteiger partial charge in [-0.15, -0.1) is 11.3 Å². The molecule has 0 radical (unpaired) electrons. The number of anilines is 1. The van der Waals surface area contributed by atoms with Crippen LogP contribution in [0.3, 0.4) is 0 Å². The highest BCUT2D eigenvalue weighted by Crippen LogP contribution is 2.26. The highest BCUT2D eigenvalue weighted by atomic mass is 32.1. The maximum Gasteiger partial charge on any atom is 0.141 e. The molecule has 1 atom stereocenters. The minimum atomic E-state index is -0.306. The summed E-state index contributed by atoms with van der Waals surface area (Å²) in [6, 6.07) is 9.86. The van der Waals surface area contributed by atoms with Gasteiger partial charge in [-0.2, -0.15) is 0 Å². The minimum Gasteiger partial charge on any atom is -0.378 e. The normalized spacial score (nSPS) is 12.5. The number of benzene rings is 1. The number of hydrogen-bond acceptors (Lipinski definition) is 3. The molecule has 2 heterocycles. The van der Waals surface area contributed by atoms with Gasteiger partial charge >= 0.3 is 0 Å². The number of aromatic nitrogens is 1. The Bertz CT molecular complexity index is 708. The van der Waals surface area contributed by atoms with Crippen molar-refractivity contribution in [3.63, 3.8) is 0 Å². The largest absolute Gasteiger partial charge is 0.378 e. The van der Waals surface area contributed by atoms with Gasteiger partial charge in [0.05, 0.1) is 12.2 Å². The van der Waals surface area contributed by atoms with Gasteiger partial charge in [-0.3, -0.25) is 4.98 Å². The van der Waals surface area contributed by atoms with E-state index in [1.807, 2.05) is 13.0 Å². The molecule has 3 aromatic rings. The third-order valence-corrected chi connectivity index (χ3v) is 3.96. The number of thiophene rings is 1. The number of nitrogens with zero attached hydrogens (tertiary/aromatic N) is 1. The summed E-state index contributed by atoms with van der Waals surface area (Å²) in [6.45, 7) is 1.99. The van der Waals surface area contributed by atoms with E-state index in [2.05, 4.69) is 33.9 Å². The van der Waals surface area contributed by atoms with Crippen molar-refractivity contribution in [2.45, 2.75) is 13.0 Å². The first kappa shape index (κ1) is 12.1. The van der Waals surface area contributed by atoms with E-state index >= 15 is 0 Å². The highest BCUT2D eigenvalue weighted by molar-refractivity contribution is 7.17. The van der Waals surface area contributed by atoms with Crippen molar-refractivity contribution in [3.05, 3.63) is 59.5 Å². The monoisotopic (exact) mass is 272 g/mol. The van der Waals surface area contributed by atoms with Gasteiger partial charge < -0.3 is 5.32 Å². The zero-order valence-corrected chi connectivity index (χ0v) is 11.2. The molecule has 0 bridgehead atoms. The predicted molar refractivity (Wildman–Crippen MR) is 78.1 cm³/mol. The Labute approximate surface area is 114 Å². The van der Waals surface area contributed by atoms with Crippen molar-refractivity contribution < 1.29 is 4.39 Å². The molecule has 0 spiro atoms. The molecular formula is C15H13FN2S. The Morgan fingerprint density at radius 1 is 1.21 bits per heavy atom. The molecule has 1 N–H and O–H groups in total. The second-order valence-corrected chi connectivity index (χ2v) is 5.42. The van der Waals surface area contributed by atoms with Crippen LogP contribution in [0.4, 0.5) is 10.1 Å². The predicted octanol–water partition coefficient (Wildman–Crippen LogP) is 4.61. The summed E-state index contributed by atoms with van der Waals surface area (Å²) in [5, 5.41) is 6.66. The molecule has 1 unspecified atom stereocenters. The van der Waals surface area contributed by atoms with Gasteiger partial charge in [0.1, 0.15) is 5.82 Å². The Balaban J connectivity index is 1.83. The first-order valence-corrected chi connectivity index (χ1v) is 6.94. The van der Waals surface area contributed by atoms with Crippen LogP contribution >= 0.6 is 11.3 Å². The van der Waals surface area contributed by atoms with Crippen LogP contribution in [0.1, 0.15) is 18.5 Å². The van der Waals surface area contributed by atoms with E-state index in [4.69, 9.17) is 0 Å². The van der Waals surface area contributed by atoms with E-state index in [1.165, 1.54) is 22.3 Å². The van der Waals surface area contributed by atoms with Crippen LogP contribution < -0.4 is 5.32 Å². The number of halogens is 1. The van der Waals surface area contributed by atoms with E-state index in [-0.39, 0.29) is 11.9 Å². The molecule has 4 heteroatoms. The third kappa shape index (κ3) is 2.58. The van der Waals surface area contributed by atoms with Gasteiger partial charge in [0.2, 0.25) is 0 Å². The van der Waals surface area contributed by atoms with Crippen LogP contribution in [0.2, 0.25) is 0 Å². The van der Waals surface area contributed by atoms with Crippen LogP contribution in [0.5, 0.6) is 0 Å². The molecule has 0 aliphatic rings. The van der Waals surface area contributed by atoms with Crippen LogP contribution in [0.25, 0.3) is 10.1 Å². The summed E-state index contributed by atoms with van der Waals surface area (Å²) in [4.78, 5) is 3.88. The Morgan fingerprint density at radius 3 is 2.95 bits per heavy atom. The van der Waals surface area contributed by atoms with Crippen molar-refractivity contribution in [1.82, 2.24) is 4.98 Å². The lowest BCUT2D eigenvalue weighted by Gasteiger charge is -2.15. The van der Waals surface area contributed by atoms with Crippen molar-refractivity contribution in [2.75, 3.05) is 5.32 Å². The minimum absolute atomic E-state index is 0.0132. The molecule has 1 aromatic carbocycles. The van der Waals surface area contributed by atoms with Gasteiger partial charge in [0.15, 0.2) is 0 Å². The lowest BCUT2D eigenvalue weighted by Crippen LogP contribution is -2.07. The number of rotatable bonds is 3. The first-order chi connectivity index (χ1) is 9.22. The van der Waals surface area contributed by atoms with E-state index in [1.54, 1.807) is 17.5 Å². The van der Waals surface area contributed by atoms with Crippen molar-refractivity contribution in [1.29, 1.82) is 0 Å². The fourth-order valence-corrected chi connectivity index (χ4v) is 2.83. The molecule has 96 valence electrons. The van der Waals surface area contributed by atoms with Crippen LogP contribution in [-0.4, -0.2) is 4.98 Å². The number of pyridine rings is 1. The zero-order chi connectivity index (χ0) is 13.2. The lowest BCUT2D eigenvalue weighted by molar-refractivity contribution is 0.616. The molecule has 0 aliphatic carbocycles. The Hall–Kier alpha value is -1.94. The second kappa shape index (κ2) is 4.97. The van der Waals surface area contributed by atoms with Crippen LogP contribution in [-0.2, 0) is 0 Å². The van der Waals surface area contributed by atoms with Crippen molar-refractivity contribution in [3.8, 4) is 0 Å². The average molecular weight is 272 g/mol. The van der Waals surface area contributed by atoms with Crippen LogP contribution in [0, 0.1) is 5.82 Å². The maximum absolute atomic E-state index is 13.1. The maximum atomic E-state index is 13.1. The van der Waals surface area contributed by atoms with E-state index in [0.717, 1.165) is 11.3 Å². The van der Waals surface area contributed by atoms with E-state index < -0.39 is 0 Å². The lowest BCUT2D eigenvalue weighted by atomic mass is 10.1. The molecule has 0 amide bonds. The SMILES string of the molecule is CC(Nc1ccc2sccc2c1)c1cncc(F)c1. The molecular weight excluding hydrogens is 259 g/mol. The van der Waals surface area contributed by atoms with Crippen molar-refractivity contribution >= 4 is 27.1 Å². The van der Waals surface area contributed by atoms with Gasteiger partial charge in [-0.1, -0.05) is 0 Å². The fraction of sp³-hybridized carbons (Fsp3) is 0.133.